The van der Waals surface area contributed by atoms with Gasteiger partial charge in [0.05, 0.1) is 0 Å². The molecule has 10 heteroatoms. The van der Waals surface area contributed by atoms with Crippen LogP contribution in [0.15, 0.2) is 0 Å². The predicted molar refractivity (Wildman–Crippen MR) is 71.4 cm³/mol. The topological polar surface area (TPSA) is 67.2 Å². The van der Waals surface area contributed by atoms with Crippen molar-refractivity contribution in [1.82, 2.24) is 20.0 Å². The Morgan fingerprint density at radius 2 is 2.14 bits per heavy atom. The third-order valence-corrected chi connectivity index (χ3v) is 3.67. The number of halogens is 4. The maximum Gasteiger partial charge on any atom is 0.436 e. The molecule has 1 aromatic heterocycles. The Morgan fingerprint density at radius 3 is 2.64 bits per heavy atom. The van der Waals surface area contributed by atoms with E-state index in [1.54, 1.807) is 4.90 Å². The lowest BCUT2D eigenvalue weighted by Gasteiger charge is -2.15. The number of alkyl halides is 3. The van der Waals surface area contributed by atoms with E-state index in [1.165, 1.54) is 7.05 Å². The highest BCUT2D eigenvalue weighted by Gasteiger charge is 2.39. The van der Waals surface area contributed by atoms with Gasteiger partial charge >= 0.3 is 6.18 Å². The van der Waals surface area contributed by atoms with E-state index in [-0.39, 0.29) is 18.1 Å². The van der Waals surface area contributed by atoms with Crippen LogP contribution in [0.5, 0.6) is 0 Å². The number of nitrogens with zero attached hydrogens (tertiary/aromatic N) is 3. The second kappa shape index (κ2) is 6.15. The quantitative estimate of drug-likeness (QED) is 0.903. The van der Waals surface area contributed by atoms with Crippen molar-refractivity contribution in [2.24, 2.45) is 7.05 Å². The summed E-state index contributed by atoms with van der Waals surface area (Å²) in [6.45, 7) is 1.07. The summed E-state index contributed by atoms with van der Waals surface area (Å²) in [5.74, 6) is -0.755. The summed E-state index contributed by atoms with van der Waals surface area (Å²) in [6.07, 6.45) is -3.47. The van der Waals surface area contributed by atoms with Crippen LogP contribution in [0.25, 0.3) is 0 Å². The molecule has 1 aliphatic rings. The fraction of sp³-hybridized carbons (Fsp3) is 0.583. The van der Waals surface area contributed by atoms with Crippen molar-refractivity contribution in [3.63, 3.8) is 0 Å². The fourth-order valence-corrected chi connectivity index (χ4v) is 2.61. The number of aryl methyl sites for hydroxylation is 1. The maximum absolute atomic E-state index is 12.7. The van der Waals surface area contributed by atoms with Crippen LogP contribution in [0.4, 0.5) is 13.2 Å². The summed E-state index contributed by atoms with van der Waals surface area (Å²) in [5.41, 5.74) is -1.65. The van der Waals surface area contributed by atoms with E-state index >= 15 is 0 Å². The second-order valence-electron chi connectivity index (χ2n) is 4.87. The molecule has 1 aliphatic heterocycles. The van der Waals surface area contributed by atoms with Gasteiger partial charge in [-0.3, -0.25) is 14.3 Å². The molecule has 0 bridgehead atoms. The standard InChI is InChI=1S/C12H14ClF3N4O2/c1-19-9(8(13)10(18-19)12(14,15)16)11(22)17-4-6-20-5-2-3-7(20)21/h2-6H2,1H3,(H,17,22). The van der Waals surface area contributed by atoms with Crippen molar-refractivity contribution in [2.45, 2.75) is 19.0 Å². The van der Waals surface area contributed by atoms with Crippen LogP contribution in [0.3, 0.4) is 0 Å². The summed E-state index contributed by atoms with van der Waals surface area (Å²) in [5, 5.41) is 4.95. The minimum absolute atomic E-state index is 0.00664. The van der Waals surface area contributed by atoms with Gasteiger partial charge in [0.2, 0.25) is 5.91 Å². The van der Waals surface area contributed by atoms with E-state index in [0.717, 1.165) is 11.1 Å². The van der Waals surface area contributed by atoms with Crippen molar-refractivity contribution in [2.75, 3.05) is 19.6 Å². The van der Waals surface area contributed by atoms with E-state index in [0.29, 0.717) is 19.5 Å². The van der Waals surface area contributed by atoms with Crippen molar-refractivity contribution in [3.8, 4) is 0 Å². The van der Waals surface area contributed by atoms with E-state index < -0.39 is 22.8 Å². The van der Waals surface area contributed by atoms with Crippen LogP contribution in [0.1, 0.15) is 29.0 Å². The number of hydrogen-bond acceptors (Lipinski definition) is 3. The molecule has 1 fully saturated rings. The molecule has 22 heavy (non-hydrogen) atoms. The molecule has 6 nitrogen and oxygen atoms in total. The molecule has 2 heterocycles. The molecule has 1 aromatic rings. The van der Waals surface area contributed by atoms with Gasteiger partial charge < -0.3 is 10.2 Å². The SMILES string of the molecule is Cn1nc(C(F)(F)F)c(Cl)c1C(=O)NCCN1CCCC1=O. The van der Waals surface area contributed by atoms with Crippen LogP contribution >= 0.6 is 11.6 Å². The highest BCUT2D eigenvalue weighted by molar-refractivity contribution is 6.34. The van der Waals surface area contributed by atoms with Crippen molar-refractivity contribution >= 4 is 23.4 Å². The zero-order valence-electron chi connectivity index (χ0n) is 11.7. The number of carbonyl (C=O) groups is 2. The summed E-state index contributed by atoms with van der Waals surface area (Å²) in [6, 6.07) is 0. The Morgan fingerprint density at radius 1 is 1.45 bits per heavy atom. The maximum atomic E-state index is 12.7. The molecule has 1 saturated heterocycles. The van der Waals surface area contributed by atoms with E-state index in [4.69, 9.17) is 11.6 Å². The number of amides is 2. The molecule has 2 amide bonds. The fourth-order valence-electron chi connectivity index (χ4n) is 2.25. The molecule has 0 atom stereocenters. The van der Waals surface area contributed by atoms with Gasteiger partial charge in [-0.1, -0.05) is 11.6 Å². The van der Waals surface area contributed by atoms with Gasteiger partial charge in [-0.15, -0.1) is 0 Å². The number of likely N-dealkylation sites (tertiary alicyclic amines) is 1. The first-order chi connectivity index (χ1) is 10.2. The molecule has 0 unspecified atom stereocenters. The largest absolute Gasteiger partial charge is 0.436 e. The third-order valence-electron chi connectivity index (χ3n) is 3.31. The highest BCUT2D eigenvalue weighted by Crippen LogP contribution is 2.35. The number of hydrogen-bond donors (Lipinski definition) is 1. The Labute approximate surface area is 129 Å². The smallest absolute Gasteiger partial charge is 0.349 e. The minimum atomic E-state index is -4.73. The lowest BCUT2D eigenvalue weighted by Crippen LogP contribution is -2.36. The van der Waals surface area contributed by atoms with Crippen LogP contribution < -0.4 is 5.32 Å². The number of carbonyl (C=O) groups excluding carboxylic acids is 2. The first kappa shape index (κ1) is 16.6. The first-order valence-electron chi connectivity index (χ1n) is 6.57. The molecule has 0 aromatic carbocycles. The molecule has 0 spiro atoms. The molecular formula is C12H14ClF3N4O2. The molecule has 1 N–H and O–H groups in total. The third kappa shape index (κ3) is 3.34. The lowest BCUT2D eigenvalue weighted by molar-refractivity contribution is -0.141. The van der Waals surface area contributed by atoms with Gasteiger partial charge in [0.15, 0.2) is 5.69 Å². The van der Waals surface area contributed by atoms with Gasteiger partial charge in [-0.2, -0.15) is 18.3 Å². The van der Waals surface area contributed by atoms with Crippen LogP contribution in [0, 0.1) is 0 Å². The van der Waals surface area contributed by atoms with Crippen LogP contribution in [-0.2, 0) is 18.0 Å². The van der Waals surface area contributed by atoms with Gasteiger partial charge in [0.25, 0.3) is 5.91 Å². The predicted octanol–water partition coefficient (Wildman–Crippen LogP) is 1.44. The van der Waals surface area contributed by atoms with Crippen LogP contribution in [-0.4, -0.2) is 46.1 Å². The van der Waals surface area contributed by atoms with Crippen LogP contribution in [0.2, 0.25) is 5.02 Å². The van der Waals surface area contributed by atoms with E-state index in [2.05, 4.69) is 10.4 Å². The zero-order valence-corrected chi connectivity index (χ0v) is 12.5. The number of rotatable bonds is 4. The Bertz CT molecular complexity index is 600. The molecule has 0 aliphatic carbocycles. The summed E-state index contributed by atoms with van der Waals surface area (Å²) < 4.78 is 38.8. The summed E-state index contributed by atoms with van der Waals surface area (Å²) in [4.78, 5) is 24.9. The van der Waals surface area contributed by atoms with Crippen molar-refractivity contribution in [3.05, 3.63) is 16.4 Å². The van der Waals surface area contributed by atoms with Gasteiger partial charge in [0, 0.05) is 33.1 Å². The van der Waals surface area contributed by atoms with E-state index in [1.807, 2.05) is 0 Å². The Kier molecular flexibility index (Phi) is 4.64. The summed E-state index contributed by atoms with van der Waals surface area (Å²) in [7, 11) is 1.21. The van der Waals surface area contributed by atoms with Gasteiger partial charge in [-0.25, -0.2) is 0 Å². The zero-order chi connectivity index (χ0) is 16.5. The van der Waals surface area contributed by atoms with Crippen molar-refractivity contribution in [1.29, 1.82) is 0 Å². The van der Waals surface area contributed by atoms with Gasteiger partial charge in [-0.05, 0) is 6.42 Å². The Balaban J connectivity index is 2.01. The number of aromatic nitrogens is 2. The minimum Gasteiger partial charge on any atom is -0.349 e. The molecule has 2 rings (SSSR count). The molecule has 122 valence electrons. The lowest BCUT2D eigenvalue weighted by atomic mass is 10.3. The summed E-state index contributed by atoms with van der Waals surface area (Å²) >= 11 is 5.61. The first-order valence-corrected chi connectivity index (χ1v) is 6.95. The molecule has 0 saturated carbocycles. The Hall–Kier alpha value is -1.77. The second-order valence-corrected chi connectivity index (χ2v) is 5.25. The van der Waals surface area contributed by atoms with E-state index in [9.17, 15) is 22.8 Å². The number of nitrogens with one attached hydrogen (secondary N) is 1. The average molecular weight is 339 g/mol. The normalized spacial score (nSPS) is 15.5. The molecular weight excluding hydrogens is 325 g/mol. The molecule has 0 radical (unpaired) electrons. The van der Waals surface area contributed by atoms with Gasteiger partial charge in [0.1, 0.15) is 10.7 Å². The average Bonchev–Trinajstić information content (AvgIpc) is 2.93. The van der Waals surface area contributed by atoms with Crippen molar-refractivity contribution < 1.29 is 22.8 Å². The monoisotopic (exact) mass is 338 g/mol. The highest BCUT2D eigenvalue weighted by atomic mass is 35.5.